The summed E-state index contributed by atoms with van der Waals surface area (Å²) >= 11 is 0. The predicted octanol–water partition coefficient (Wildman–Crippen LogP) is 2.10. The van der Waals surface area contributed by atoms with Crippen LogP contribution < -0.4 is 10.0 Å². The first kappa shape index (κ1) is 14.8. The van der Waals surface area contributed by atoms with Crippen molar-refractivity contribution in [3.8, 4) is 6.07 Å². The summed E-state index contributed by atoms with van der Waals surface area (Å²) in [5.41, 5.74) is 5.98. The second kappa shape index (κ2) is 5.42. The number of nitrogens with zero attached hydrogens (tertiary/aromatic N) is 2. The second-order valence-electron chi connectivity index (χ2n) is 4.31. The Bertz CT molecular complexity index is 811. The highest BCUT2D eigenvalue weighted by molar-refractivity contribution is 7.92. The van der Waals surface area contributed by atoms with E-state index < -0.39 is 15.8 Å². The predicted molar refractivity (Wildman–Crippen MR) is 77.6 cm³/mol. The molecule has 0 heterocycles. The van der Waals surface area contributed by atoms with Crippen molar-refractivity contribution in [1.82, 2.24) is 0 Å². The van der Waals surface area contributed by atoms with Gasteiger partial charge in [-0.15, -0.1) is 0 Å². The van der Waals surface area contributed by atoms with E-state index >= 15 is 0 Å². The number of nitrogen functional groups attached to an aromatic ring is 1. The van der Waals surface area contributed by atoms with Crippen molar-refractivity contribution in [1.29, 1.82) is 5.26 Å². The first-order chi connectivity index (χ1) is 9.86. The number of nitriles is 1. The van der Waals surface area contributed by atoms with Crippen LogP contribution in [0.15, 0.2) is 47.4 Å². The molecule has 0 spiro atoms. The van der Waals surface area contributed by atoms with Gasteiger partial charge < -0.3 is 5.73 Å². The maximum absolute atomic E-state index is 13.1. The molecule has 0 bridgehead atoms. The Labute approximate surface area is 122 Å². The fraction of sp³-hybridized carbons (Fsp3) is 0.0714. The number of hydrogen-bond acceptors (Lipinski definition) is 4. The van der Waals surface area contributed by atoms with Gasteiger partial charge in [0.1, 0.15) is 5.82 Å². The number of sulfonamides is 1. The average Bonchev–Trinajstić information content (AvgIpc) is 2.49. The van der Waals surface area contributed by atoms with Gasteiger partial charge in [0.2, 0.25) is 0 Å². The van der Waals surface area contributed by atoms with Crippen LogP contribution in [0.5, 0.6) is 0 Å². The first-order valence-electron chi connectivity index (χ1n) is 5.90. The molecule has 2 N–H and O–H groups in total. The molecule has 0 aromatic heterocycles. The van der Waals surface area contributed by atoms with Gasteiger partial charge in [-0.2, -0.15) is 5.26 Å². The van der Waals surface area contributed by atoms with Crippen LogP contribution in [0, 0.1) is 17.1 Å². The molecule has 0 amide bonds. The number of rotatable bonds is 3. The van der Waals surface area contributed by atoms with Gasteiger partial charge in [0.05, 0.1) is 27.9 Å². The Balaban J connectivity index is 2.42. The summed E-state index contributed by atoms with van der Waals surface area (Å²) in [6, 6.07) is 11.3. The topological polar surface area (TPSA) is 87.2 Å². The van der Waals surface area contributed by atoms with Crippen LogP contribution in [-0.4, -0.2) is 15.5 Å². The molecule has 0 unspecified atom stereocenters. The lowest BCUT2D eigenvalue weighted by atomic mass is 10.2. The number of nitrogens with two attached hydrogens (primary N) is 1. The average molecular weight is 305 g/mol. The molecule has 0 radical (unpaired) electrons. The van der Waals surface area contributed by atoms with Gasteiger partial charge in [-0.1, -0.05) is 0 Å². The van der Waals surface area contributed by atoms with Crippen molar-refractivity contribution in [2.75, 3.05) is 17.1 Å². The molecular formula is C14H12FN3O2S. The SMILES string of the molecule is CN(c1ccc(C#N)cc1)S(=O)(=O)c1ccc(F)c(N)c1. The molecular weight excluding hydrogens is 293 g/mol. The molecule has 0 aliphatic carbocycles. The second-order valence-corrected chi connectivity index (χ2v) is 6.28. The Morgan fingerprint density at radius 1 is 1.19 bits per heavy atom. The van der Waals surface area contributed by atoms with Gasteiger partial charge in [0.25, 0.3) is 10.0 Å². The van der Waals surface area contributed by atoms with Crippen molar-refractivity contribution in [2.45, 2.75) is 4.90 Å². The van der Waals surface area contributed by atoms with Crippen molar-refractivity contribution in [3.05, 3.63) is 53.8 Å². The molecule has 21 heavy (non-hydrogen) atoms. The van der Waals surface area contributed by atoms with Gasteiger partial charge in [0, 0.05) is 7.05 Å². The van der Waals surface area contributed by atoms with Crippen molar-refractivity contribution < 1.29 is 12.8 Å². The maximum atomic E-state index is 13.1. The normalized spacial score (nSPS) is 10.9. The highest BCUT2D eigenvalue weighted by atomic mass is 32.2. The minimum absolute atomic E-state index is 0.103. The van der Waals surface area contributed by atoms with Crippen LogP contribution in [-0.2, 0) is 10.0 Å². The van der Waals surface area contributed by atoms with E-state index in [2.05, 4.69) is 0 Å². The molecule has 0 atom stereocenters. The van der Waals surface area contributed by atoms with E-state index in [1.807, 2.05) is 6.07 Å². The van der Waals surface area contributed by atoms with Gasteiger partial charge >= 0.3 is 0 Å². The summed E-state index contributed by atoms with van der Waals surface area (Å²) in [4.78, 5) is -0.103. The number of anilines is 2. The van der Waals surface area contributed by atoms with Gasteiger partial charge in [-0.3, -0.25) is 4.31 Å². The van der Waals surface area contributed by atoms with Crippen LogP contribution in [0.25, 0.3) is 0 Å². The van der Waals surface area contributed by atoms with Gasteiger partial charge in [0.15, 0.2) is 0 Å². The summed E-state index contributed by atoms with van der Waals surface area (Å²) in [6.07, 6.45) is 0. The van der Waals surface area contributed by atoms with Gasteiger partial charge in [-0.25, -0.2) is 12.8 Å². The third kappa shape index (κ3) is 2.80. The van der Waals surface area contributed by atoms with Crippen molar-refractivity contribution in [3.63, 3.8) is 0 Å². The van der Waals surface area contributed by atoms with E-state index in [1.54, 1.807) is 0 Å². The summed E-state index contributed by atoms with van der Waals surface area (Å²) < 4.78 is 39.0. The molecule has 0 fully saturated rings. The first-order valence-corrected chi connectivity index (χ1v) is 7.34. The third-order valence-electron chi connectivity index (χ3n) is 2.99. The van der Waals surface area contributed by atoms with Crippen molar-refractivity contribution >= 4 is 21.4 Å². The molecule has 0 saturated carbocycles. The lowest BCUT2D eigenvalue weighted by Gasteiger charge is -2.19. The molecule has 0 aliphatic heterocycles. The van der Waals surface area contributed by atoms with Crippen molar-refractivity contribution in [2.24, 2.45) is 0 Å². The quantitative estimate of drug-likeness (QED) is 0.880. The molecule has 0 saturated heterocycles. The highest BCUT2D eigenvalue weighted by Gasteiger charge is 2.22. The zero-order valence-corrected chi connectivity index (χ0v) is 11.9. The third-order valence-corrected chi connectivity index (χ3v) is 4.77. The van der Waals surface area contributed by atoms with Crippen LogP contribution in [0.2, 0.25) is 0 Å². The van der Waals surface area contributed by atoms with Crippen LogP contribution in [0.1, 0.15) is 5.56 Å². The van der Waals surface area contributed by atoms with E-state index in [4.69, 9.17) is 11.0 Å². The number of halogens is 1. The Morgan fingerprint density at radius 2 is 1.81 bits per heavy atom. The Morgan fingerprint density at radius 3 is 2.33 bits per heavy atom. The highest BCUT2D eigenvalue weighted by Crippen LogP contribution is 2.24. The lowest BCUT2D eigenvalue weighted by molar-refractivity contribution is 0.593. The van der Waals surface area contributed by atoms with E-state index in [-0.39, 0.29) is 10.6 Å². The summed E-state index contributed by atoms with van der Waals surface area (Å²) in [7, 11) is -2.48. The Hall–Kier alpha value is -2.59. The van der Waals surface area contributed by atoms with Crippen LogP contribution in [0.4, 0.5) is 15.8 Å². The standard InChI is InChI=1S/C14H12FN3O2S/c1-18(11-4-2-10(9-16)3-5-11)21(19,20)12-6-7-13(15)14(17)8-12/h2-8H,17H2,1H3. The lowest BCUT2D eigenvalue weighted by Crippen LogP contribution is -2.26. The minimum atomic E-state index is -3.85. The minimum Gasteiger partial charge on any atom is -0.396 e. The summed E-state index contributed by atoms with van der Waals surface area (Å²) in [5.74, 6) is -0.671. The van der Waals surface area contributed by atoms with Crippen LogP contribution >= 0.6 is 0 Å². The van der Waals surface area contributed by atoms with E-state index in [1.165, 1.54) is 31.3 Å². The Kier molecular flexibility index (Phi) is 3.82. The molecule has 7 heteroatoms. The monoisotopic (exact) mass is 305 g/mol. The maximum Gasteiger partial charge on any atom is 0.264 e. The molecule has 2 aromatic carbocycles. The smallest absolute Gasteiger partial charge is 0.264 e. The molecule has 2 aromatic rings. The van der Waals surface area contributed by atoms with E-state index in [0.717, 1.165) is 22.5 Å². The largest absolute Gasteiger partial charge is 0.396 e. The molecule has 2 rings (SSSR count). The fourth-order valence-corrected chi connectivity index (χ4v) is 2.96. The molecule has 108 valence electrons. The van der Waals surface area contributed by atoms with E-state index in [0.29, 0.717) is 11.3 Å². The zero-order chi connectivity index (χ0) is 15.6. The zero-order valence-electron chi connectivity index (χ0n) is 11.1. The van der Waals surface area contributed by atoms with Gasteiger partial charge in [-0.05, 0) is 42.5 Å². The number of benzene rings is 2. The molecule has 0 aliphatic rings. The summed E-state index contributed by atoms with van der Waals surface area (Å²) in [5, 5.41) is 8.73. The number of hydrogen-bond donors (Lipinski definition) is 1. The van der Waals surface area contributed by atoms with Crippen LogP contribution in [0.3, 0.4) is 0 Å². The van der Waals surface area contributed by atoms with E-state index in [9.17, 15) is 12.8 Å². The fourth-order valence-electron chi connectivity index (χ4n) is 1.73. The summed E-state index contributed by atoms with van der Waals surface area (Å²) in [6.45, 7) is 0. The molecule has 5 nitrogen and oxygen atoms in total.